The molecule has 0 unspecified atom stereocenters. The van der Waals surface area contributed by atoms with E-state index in [2.05, 4.69) is 33.8 Å². The lowest BCUT2D eigenvalue weighted by molar-refractivity contribution is -0.116. The predicted molar refractivity (Wildman–Crippen MR) is 97.7 cm³/mol. The van der Waals surface area contributed by atoms with Gasteiger partial charge in [0.05, 0.1) is 11.2 Å². The van der Waals surface area contributed by atoms with E-state index in [0.29, 0.717) is 17.5 Å². The topological polar surface area (TPSA) is 64.7 Å². The average molecular weight is 358 g/mol. The van der Waals surface area contributed by atoms with Gasteiger partial charge in [-0.3, -0.25) is 9.48 Å². The zero-order chi connectivity index (χ0) is 17.8. The van der Waals surface area contributed by atoms with Crippen LogP contribution in [-0.2, 0) is 17.9 Å². The fourth-order valence-corrected chi connectivity index (χ4v) is 2.83. The second-order valence-corrected chi connectivity index (χ2v) is 6.61. The molecule has 0 bridgehead atoms. The van der Waals surface area contributed by atoms with Crippen LogP contribution >= 0.6 is 11.6 Å². The van der Waals surface area contributed by atoms with Crippen molar-refractivity contribution in [2.75, 3.05) is 5.32 Å². The number of halogens is 1. The summed E-state index contributed by atoms with van der Waals surface area (Å²) in [4.78, 5) is 16.5. The zero-order valence-electron chi connectivity index (χ0n) is 14.2. The third-order valence-corrected chi connectivity index (χ3v) is 3.93. The summed E-state index contributed by atoms with van der Waals surface area (Å²) in [6.07, 6.45) is 6.91. The Kier molecular flexibility index (Phi) is 5.19. The molecule has 0 spiro atoms. The second kappa shape index (κ2) is 7.53. The van der Waals surface area contributed by atoms with E-state index in [1.807, 2.05) is 36.7 Å². The third kappa shape index (κ3) is 4.48. The number of imidazole rings is 1. The lowest BCUT2D eigenvalue weighted by Crippen LogP contribution is -2.19. The van der Waals surface area contributed by atoms with E-state index in [-0.39, 0.29) is 12.5 Å². The van der Waals surface area contributed by atoms with Gasteiger partial charge < -0.3 is 9.88 Å². The third-order valence-electron chi connectivity index (χ3n) is 3.74. The van der Waals surface area contributed by atoms with Gasteiger partial charge in [0.15, 0.2) is 0 Å². The molecule has 1 N–H and O–H groups in total. The molecule has 0 aliphatic heterocycles. The first-order chi connectivity index (χ1) is 12.0. The molecule has 0 atom stereocenters. The number of nitrogens with zero attached hydrogens (tertiary/aromatic N) is 4. The Morgan fingerprint density at radius 1 is 1.36 bits per heavy atom. The summed E-state index contributed by atoms with van der Waals surface area (Å²) in [6, 6.07) is 7.81. The fourth-order valence-electron chi connectivity index (χ4n) is 2.67. The van der Waals surface area contributed by atoms with Crippen molar-refractivity contribution in [3.8, 4) is 0 Å². The smallest absolute Gasteiger partial charge is 0.246 e. The van der Waals surface area contributed by atoms with Crippen LogP contribution in [0.3, 0.4) is 0 Å². The normalized spacial score (nSPS) is 11.0. The van der Waals surface area contributed by atoms with Crippen LogP contribution in [0.4, 0.5) is 5.69 Å². The molecule has 3 rings (SSSR count). The Bertz CT molecular complexity index is 868. The minimum absolute atomic E-state index is 0.121. The van der Waals surface area contributed by atoms with Crippen LogP contribution in [0.5, 0.6) is 0 Å². The Morgan fingerprint density at radius 2 is 2.20 bits per heavy atom. The Hall–Kier alpha value is -2.60. The fraction of sp³-hybridized carbons (Fsp3) is 0.278. The van der Waals surface area contributed by atoms with E-state index in [0.717, 1.165) is 17.1 Å². The molecule has 0 radical (unpaired) electrons. The van der Waals surface area contributed by atoms with E-state index in [1.54, 1.807) is 6.20 Å². The highest BCUT2D eigenvalue weighted by Gasteiger charge is 2.09. The number of nitrogens with one attached hydrogen (secondary N) is 1. The van der Waals surface area contributed by atoms with Crippen molar-refractivity contribution < 1.29 is 4.79 Å². The molecular formula is C18H20ClN5O. The van der Waals surface area contributed by atoms with Gasteiger partial charge in [0.2, 0.25) is 5.91 Å². The van der Waals surface area contributed by atoms with Crippen molar-refractivity contribution in [1.29, 1.82) is 0 Å². The quantitative estimate of drug-likeness (QED) is 0.733. The highest BCUT2D eigenvalue weighted by molar-refractivity contribution is 6.30. The average Bonchev–Trinajstić information content (AvgIpc) is 3.16. The minimum atomic E-state index is -0.151. The van der Waals surface area contributed by atoms with Gasteiger partial charge in [0.1, 0.15) is 12.4 Å². The SMILES string of the molecule is CC(C)c1nccn1Cc1cccc(NC(=O)Cn2cc(Cl)cn2)c1. The maximum absolute atomic E-state index is 12.1. The van der Waals surface area contributed by atoms with Gasteiger partial charge in [-0.15, -0.1) is 0 Å². The van der Waals surface area contributed by atoms with Gasteiger partial charge in [0.25, 0.3) is 0 Å². The van der Waals surface area contributed by atoms with Crippen LogP contribution in [-0.4, -0.2) is 25.2 Å². The number of hydrogen-bond donors (Lipinski definition) is 1. The van der Waals surface area contributed by atoms with Crippen molar-refractivity contribution in [3.05, 3.63) is 65.5 Å². The number of carbonyl (C=O) groups excluding carboxylic acids is 1. The monoisotopic (exact) mass is 357 g/mol. The number of rotatable bonds is 6. The van der Waals surface area contributed by atoms with Gasteiger partial charge in [-0.05, 0) is 17.7 Å². The number of hydrogen-bond acceptors (Lipinski definition) is 3. The van der Waals surface area contributed by atoms with Crippen LogP contribution in [0, 0.1) is 0 Å². The van der Waals surface area contributed by atoms with E-state index in [1.165, 1.54) is 10.9 Å². The number of amides is 1. The number of aromatic nitrogens is 4. The number of anilines is 1. The molecule has 1 amide bonds. The molecular weight excluding hydrogens is 338 g/mol. The van der Waals surface area contributed by atoms with Crippen molar-refractivity contribution in [3.63, 3.8) is 0 Å². The van der Waals surface area contributed by atoms with Crippen molar-refractivity contribution in [2.45, 2.75) is 32.9 Å². The summed E-state index contributed by atoms with van der Waals surface area (Å²) < 4.78 is 3.62. The van der Waals surface area contributed by atoms with Gasteiger partial charge in [-0.2, -0.15) is 5.10 Å². The molecule has 2 aromatic heterocycles. The minimum Gasteiger partial charge on any atom is -0.330 e. The summed E-state index contributed by atoms with van der Waals surface area (Å²) >= 11 is 5.80. The van der Waals surface area contributed by atoms with E-state index in [9.17, 15) is 4.79 Å². The highest BCUT2D eigenvalue weighted by atomic mass is 35.5. The summed E-state index contributed by atoms with van der Waals surface area (Å²) in [7, 11) is 0. The van der Waals surface area contributed by atoms with E-state index in [4.69, 9.17) is 11.6 Å². The Labute approximate surface area is 151 Å². The Balaban J connectivity index is 1.66. The number of benzene rings is 1. The molecule has 2 heterocycles. The van der Waals surface area contributed by atoms with Gasteiger partial charge in [-0.1, -0.05) is 37.6 Å². The summed E-state index contributed by atoms with van der Waals surface area (Å²) in [5.41, 5.74) is 1.85. The van der Waals surface area contributed by atoms with E-state index >= 15 is 0 Å². The van der Waals surface area contributed by atoms with Crippen LogP contribution in [0.15, 0.2) is 49.1 Å². The summed E-state index contributed by atoms with van der Waals surface area (Å²) in [5.74, 6) is 1.26. The van der Waals surface area contributed by atoms with Gasteiger partial charge in [0, 0.05) is 36.7 Å². The standard InChI is InChI=1S/C18H20ClN5O/c1-13(2)18-20-6-7-23(18)10-14-4-3-5-16(8-14)22-17(25)12-24-11-15(19)9-21-24/h3-9,11,13H,10,12H2,1-2H3,(H,22,25). The molecule has 0 saturated heterocycles. The lowest BCUT2D eigenvalue weighted by Gasteiger charge is -2.12. The van der Waals surface area contributed by atoms with Gasteiger partial charge in [-0.25, -0.2) is 4.98 Å². The first kappa shape index (κ1) is 17.2. The van der Waals surface area contributed by atoms with Crippen LogP contribution in [0.25, 0.3) is 0 Å². The lowest BCUT2D eigenvalue weighted by atomic mass is 10.1. The molecule has 130 valence electrons. The first-order valence-electron chi connectivity index (χ1n) is 8.09. The summed E-state index contributed by atoms with van der Waals surface area (Å²) in [6.45, 7) is 5.08. The number of carbonyl (C=O) groups is 1. The first-order valence-corrected chi connectivity index (χ1v) is 8.47. The van der Waals surface area contributed by atoms with Crippen molar-refractivity contribution in [1.82, 2.24) is 19.3 Å². The van der Waals surface area contributed by atoms with Crippen LogP contribution < -0.4 is 5.32 Å². The molecule has 3 aromatic rings. The molecule has 0 saturated carbocycles. The van der Waals surface area contributed by atoms with Crippen molar-refractivity contribution >= 4 is 23.2 Å². The molecule has 6 nitrogen and oxygen atoms in total. The largest absolute Gasteiger partial charge is 0.330 e. The molecule has 1 aromatic carbocycles. The van der Waals surface area contributed by atoms with Crippen LogP contribution in [0.1, 0.15) is 31.2 Å². The second-order valence-electron chi connectivity index (χ2n) is 6.17. The summed E-state index contributed by atoms with van der Waals surface area (Å²) in [5, 5.41) is 7.40. The highest BCUT2D eigenvalue weighted by Crippen LogP contribution is 2.16. The molecule has 7 heteroatoms. The molecule has 0 aliphatic carbocycles. The maximum Gasteiger partial charge on any atom is 0.246 e. The molecule has 0 fully saturated rings. The Morgan fingerprint density at radius 3 is 2.92 bits per heavy atom. The maximum atomic E-state index is 12.1. The van der Waals surface area contributed by atoms with Gasteiger partial charge >= 0.3 is 0 Å². The van der Waals surface area contributed by atoms with Crippen LogP contribution in [0.2, 0.25) is 5.02 Å². The zero-order valence-corrected chi connectivity index (χ0v) is 14.9. The predicted octanol–water partition coefficient (Wildman–Crippen LogP) is 3.54. The van der Waals surface area contributed by atoms with Crippen molar-refractivity contribution in [2.24, 2.45) is 0 Å². The molecule has 25 heavy (non-hydrogen) atoms. The molecule has 0 aliphatic rings. The van der Waals surface area contributed by atoms with E-state index < -0.39 is 0 Å².